The quantitative estimate of drug-likeness (QED) is 0.708. The van der Waals surface area contributed by atoms with Crippen molar-refractivity contribution in [2.45, 2.75) is 62.6 Å². The molecule has 3 fully saturated rings. The molecule has 3 aliphatic heterocycles. The van der Waals surface area contributed by atoms with Crippen molar-refractivity contribution in [1.29, 1.82) is 0 Å². The first-order valence-electron chi connectivity index (χ1n) is 9.83. The van der Waals surface area contributed by atoms with Crippen LogP contribution in [0.25, 0.3) is 0 Å². The third kappa shape index (κ3) is 2.45. The summed E-state index contributed by atoms with van der Waals surface area (Å²) in [5.41, 5.74) is 0.621. The van der Waals surface area contributed by atoms with Gasteiger partial charge in [-0.1, -0.05) is 0 Å². The molecule has 1 aromatic rings. The number of amides is 1. The zero-order chi connectivity index (χ0) is 17.8. The number of ether oxygens (including phenoxy) is 2. The lowest BCUT2D eigenvalue weighted by atomic mass is 9.80. The Labute approximate surface area is 157 Å². The molecule has 4 heterocycles. The molecule has 0 N–H and O–H groups in total. The maximum absolute atomic E-state index is 13.2. The molecule has 2 saturated heterocycles. The Balaban J connectivity index is 1.32. The first kappa shape index (κ1) is 16.8. The minimum atomic E-state index is -0.509. The lowest BCUT2D eigenvalue weighted by Crippen LogP contribution is -2.51. The third-order valence-corrected chi connectivity index (χ3v) is 7.88. The summed E-state index contributed by atoms with van der Waals surface area (Å²) >= 11 is 1.82. The highest BCUT2D eigenvalue weighted by Crippen LogP contribution is 2.48. The van der Waals surface area contributed by atoms with Crippen LogP contribution in [0.3, 0.4) is 0 Å². The van der Waals surface area contributed by atoms with Gasteiger partial charge in [0.1, 0.15) is 5.60 Å². The molecule has 0 aromatic carbocycles. The van der Waals surface area contributed by atoms with Crippen molar-refractivity contribution in [1.82, 2.24) is 4.90 Å². The molecule has 26 heavy (non-hydrogen) atoms. The van der Waals surface area contributed by atoms with Crippen LogP contribution in [0.4, 0.5) is 0 Å². The number of esters is 1. The number of thiophene rings is 1. The molecule has 4 aliphatic rings. The van der Waals surface area contributed by atoms with Crippen LogP contribution < -0.4 is 0 Å². The zero-order valence-corrected chi connectivity index (χ0v) is 15.8. The van der Waals surface area contributed by atoms with Crippen molar-refractivity contribution in [3.05, 3.63) is 21.9 Å². The summed E-state index contributed by atoms with van der Waals surface area (Å²) < 4.78 is 11.9. The zero-order valence-electron chi connectivity index (χ0n) is 15.0. The molecule has 5 rings (SSSR count). The Morgan fingerprint density at radius 1 is 1.19 bits per heavy atom. The Morgan fingerprint density at radius 2 is 1.96 bits per heavy atom. The molecule has 1 saturated carbocycles. The third-order valence-electron chi connectivity index (χ3n) is 6.90. The number of likely N-dealkylation sites (tertiary alicyclic amines) is 1. The van der Waals surface area contributed by atoms with Crippen molar-refractivity contribution < 1.29 is 19.1 Å². The molecule has 0 bridgehead atoms. The van der Waals surface area contributed by atoms with E-state index >= 15 is 0 Å². The van der Waals surface area contributed by atoms with E-state index in [1.54, 1.807) is 0 Å². The molecule has 2 spiro atoms. The average molecular weight is 375 g/mol. The van der Waals surface area contributed by atoms with E-state index in [9.17, 15) is 9.59 Å². The van der Waals surface area contributed by atoms with Gasteiger partial charge in [0.15, 0.2) is 0 Å². The summed E-state index contributed by atoms with van der Waals surface area (Å²) in [7, 11) is 0. The smallest absolute Gasteiger partial charge is 0.307 e. The van der Waals surface area contributed by atoms with Crippen LogP contribution in [0.5, 0.6) is 0 Å². The van der Waals surface area contributed by atoms with E-state index in [4.69, 9.17) is 9.47 Å². The fourth-order valence-corrected chi connectivity index (χ4v) is 6.46. The molecule has 6 heteroatoms. The molecule has 5 nitrogen and oxygen atoms in total. The predicted molar refractivity (Wildman–Crippen MR) is 96.9 cm³/mol. The lowest BCUT2D eigenvalue weighted by molar-refractivity contribution is -0.154. The maximum atomic E-state index is 13.2. The van der Waals surface area contributed by atoms with Gasteiger partial charge in [0.05, 0.1) is 24.5 Å². The number of fused-ring (bicyclic) bond motifs is 2. The maximum Gasteiger partial charge on any atom is 0.307 e. The first-order chi connectivity index (χ1) is 12.6. The molecular formula is C20H25NO4S. The molecule has 1 amide bonds. The molecule has 1 aliphatic carbocycles. The Kier molecular flexibility index (Phi) is 3.90. The van der Waals surface area contributed by atoms with Crippen molar-refractivity contribution in [2.75, 3.05) is 19.7 Å². The van der Waals surface area contributed by atoms with Gasteiger partial charge in [-0.25, -0.2) is 0 Å². The number of nitrogens with zero attached hydrogens (tertiary/aromatic N) is 1. The fourth-order valence-electron chi connectivity index (χ4n) is 5.51. The number of carbonyl (C=O) groups is 2. The topological polar surface area (TPSA) is 55.8 Å². The predicted octanol–water partition coefficient (Wildman–Crippen LogP) is 3.01. The van der Waals surface area contributed by atoms with E-state index in [0.29, 0.717) is 13.1 Å². The molecule has 140 valence electrons. The second-order valence-electron chi connectivity index (χ2n) is 8.18. The highest BCUT2D eigenvalue weighted by molar-refractivity contribution is 7.10. The molecule has 1 unspecified atom stereocenters. The van der Waals surface area contributed by atoms with Gasteiger partial charge in [-0.3, -0.25) is 9.59 Å². The van der Waals surface area contributed by atoms with Crippen molar-refractivity contribution in [2.24, 2.45) is 5.92 Å². The Bertz CT molecular complexity index is 728. The van der Waals surface area contributed by atoms with Crippen molar-refractivity contribution >= 4 is 23.2 Å². The molecule has 1 aromatic heterocycles. The summed E-state index contributed by atoms with van der Waals surface area (Å²) in [5, 5.41) is 2.16. The van der Waals surface area contributed by atoms with Gasteiger partial charge in [-0.2, -0.15) is 0 Å². The summed E-state index contributed by atoms with van der Waals surface area (Å²) in [6.07, 6.45) is 6.73. The minimum absolute atomic E-state index is 0.119. The lowest BCUT2D eigenvalue weighted by Gasteiger charge is -2.45. The highest BCUT2D eigenvalue weighted by atomic mass is 32.1. The van der Waals surface area contributed by atoms with Crippen LogP contribution in [-0.2, 0) is 31.1 Å². The number of piperidine rings is 1. The standard InChI is InChI=1S/C20H25NO4S/c22-17-13-15(20(25-17)5-1-2-6-20)18(23)21-9-7-19(8-10-21)14-4-12-26-16(14)3-11-24-19/h4,12,15H,1-3,5-11,13H2. The Morgan fingerprint density at radius 3 is 2.73 bits per heavy atom. The van der Waals surface area contributed by atoms with Gasteiger partial charge < -0.3 is 14.4 Å². The number of hydrogen-bond donors (Lipinski definition) is 0. The van der Waals surface area contributed by atoms with Crippen LogP contribution in [0.15, 0.2) is 11.4 Å². The van der Waals surface area contributed by atoms with Crippen LogP contribution in [0, 0.1) is 5.92 Å². The fraction of sp³-hybridized carbons (Fsp3) is 0.700. The van der Waals surface area contributed by atoms with Crippen LogP contribution in [0.2, 0.25) is 0 Å². The SMILES string of the molecule is O=C1CC(C(=O)N2CCC3(CC2)OCCc2sccc23)C2(CCCC2)O1. The molecular weight excluding hydrogens is 350 g/mol. The van der Waals surface area contributed by atoms with E-state index in [-0.39, 0.29) is 29.8 Å². The summed E-state index contributed by atoms with van der Waals surface area (Å²) in [5.74, 6) is -0.359. The number of carbonyl (C=O) groups excluding carboxylic acids is 2. The van der Waals surface area contributed by atoms with E-state index in [0.717, 1.165) is 51.6 Å². The van der Waals surface area contributed by atoms with Crippen molar-refractivity contribution in [3.8, 4) is 0 Å². The number of rotatable bonds is 1. The first-order valence-corrected chi connectivity index (χ1v) is 10.7. The van der Waals surface area contributed by atoms with Gasteiger partial charge in [-0.15, -0.1) is 11.3 Å². The largest absolute Gasteiger partial charge is 0.458 e. The van der Waals surface area contributed by atoms with E-state index in [1.807, 2.05) is 16.2 Å². The van der Waals surface area contributed by atoms with Crippen molar-refractivity contribution in [3.63, 3.8) is 0 Å². The van der Waals surface area contributed by atoms with Crippen LogP contribution in [-0.4, -0.2) is 42.1 Å². The van der Waals surface area contributed by atoms with E-state index < -0.39 is 5.60 Å². The van der Waals surface area contributed by atoms with Gasteiger partial charge >= 0.3 is 5.97 Å². The Hall–Kier alpha value is -1.40. The molecule has 1 atom stereocenters. The van der Waals surface area contributed by atoms with Crippen LogP contribution >= 0.6 is 11.3 Å². The normalized spacial score (nSPS) is 29.2. The molecule has 0 radical (unpaired) electrons. The monoisotopic (exact) mass is 375 g/mol. The minimum Gasteiger partial charge on any atom is -0.458 e. The summed E-state index contributed by atoms with van der Waals surface area (Å²) in [6, 6.07) is 2.20. The summed E-state index contributed by atoms with van der Waals surface area (Å²) in [4.78, 5) is 28.6. The highest BCUT2D eigenvalue weighted by Gasteiger charge is 2.55. The van der Waals surface area contributed by atoms with Gasteiger partial charge in [0, 0.05) is 24.4 Å². The van der Waals surface area contributed by atoms with Gasteiger partial charge in [0.2, 0.25) is 5.91 Å². The second-order valence-corrected chi connectivity index (χ2v) is 9.18. The average Bonchev–Trinajstić information content (AvgIpc) is 3.37. The van der Waals surface area contributed by atoms with Gasteiger partial charge in [-0.05, 0) is 55.5 Å². The second kappa shape index (κ2) is 6.06. The number of hydrogen-bond acceptors (Lipinski definition) is 5. The van der Waals surface area contributed by atoms with Gasteiger partial charge in [0.25, 0.3) is 0 Å². The summed E-state index contributed by atoms with van der Waals surface area (Å²) in [6.45, 7) is 2.18. The van der Waals surface area contributed by atoms with Crippen LogP contribution in [0.1, 0.15) is 55.4 Å². The van der Waals surface area contributed by atoms with E-state index in [2.05, 4.69) is 11.4 Å². The van der Waals surface area contributed by atoms with E-state index in [1.165, 1.54) is 10.4 Å².